The van der Waals surface area contributed by atoms with Gasteiger partial charge in [-0.05, 0) is 25.0 Å². The van der Waals surface area contributed by atoms with Gasteiger partial charge < -0.3 is 10.4 Å². The average Bonchev–Trinajstić information content (AvgIpc) is 3.14. The molecule has 1 fully saturated rings. The molecule has 19 heavy (non-hydrogen) atoms. The molecule has 0 heterocycles. The van der Waals surface area contributed by atoms with Gasteiger partial charge in [-0.25, -0.2) is 0 Å². The normalized spacial score (nSPS) is 14.4. The molecule has 0 unspecified atom stereocenters. The van der Waals surface area contributed by atoms with E-state index in [1.165, 1.54) is 0 Å². The Morgan fingerprint density at radius 3 is 2.58 bits per heavy atom. The third-order valence-corrected chi connectivity index (χ3v) is 3.23. The quantitative estimate of drug-likeness (QED) is 0.835. The van der Waals surface area contributed by atoms with Crippen LogP contribution < -0.4 is 5.32 Å². The van der Waals surface area contributed by atoms with Crippen molar-refractivity contribution in [2.75, 3.05) is 18.4 Å². The first-order valence-corrected chi connectivity index (χ1v) is 6.44. The average molecular weight is 283 g/mol. The van der Waals surface area contributed by atoms with Gasteiger partial charge in [-0.3, -0.25) is 14.5 Å². The molecule has 1 aliphatic rings. The molecule has 1 aliphatic carbocycles. The number of nitrogens with one attached hydrogen (secondary N) is 1. The van der Waals surface area contributed by atoms with E-state index in [1.54, 1.807) is 29.2 Å². The number of hydrogen-bond acceptors (Lipinski definition) is 3. The Bertz CT molecular complexity index is 489. The number of para-hydroxylation sites is 1. The van der Waals surface area contributed by atoms with Crippen molar-refractivity contribution in [2.24, 2.45) is 0 Å². The molecule has 2 rings (SSSR count). The van der Waals surface area contributed by atoms with E-state index < -0.39 is 5.97 Å². The molecule has 1 saturated carbocycles. The van der Waals surface area contributed by atoms with Gasteiger partial charge in [-0.15, -0.1) is 0 Å². The highest BCUT2D eigenvalue weighted by molar-refractivity contribution is 6.33. The second-order valence-electron chi connectivity index (χ2n) is 4.56. The zero-order valence-corrected chi connectivity index (χ0v) is 11.1. The topological polar surface area (TPSA) is 69.6 Å². The minimum Gasteiger partial charge on any atom is -0.480 e. The third kappa shape index (κ3) is 4.22. The first-order chi connectivity index (χ1) is 9.06. The van der Waals surface area contributed by atoms with E-state index in [0.29, 0.717) is 10.7 Å². The highest BCUT2D eigenvalue weighted by Gasteiger charge is 2.31. The maximum absolute atomic E-state index is 11.9. The van der Waals surface area contributed by atoms with Crippen LogP contribution in [0, 0.1) is 0 Å². The van der Waals surface area contributed by atoms with Crippen LogP contribution in [0.5, 0.6) is 0 Å². The van der Waals surface area contributed by atoms with Crippen molar-refractivity contribution in [3.8, 4) is 0 Å². The summed E-state index contributed by atoms with van der Waals surface area (Å²) in [5, 5.41) is 12.0. The molecule has 0 aliphatic heterocycles. The summed E-state index contributed by atoms with van der Waals surface area (Å²) in [5.41, 5.74) is 0.542. The Morgan fingerprint density at radius 1 is 1.32 bits per heavy atom. The van der Waals surface area contributed by atoms with Gasteiger partial charge in [-0.1, -0.05) is 23.7 Å². The predicted molar refractivity (Wildman–Crippen MR) is 72.3 cm³/mol. The number of aliphatic carboxylic acids is 1. The van der Waals surface area contributed by atoms with Gasteiger partial charge in [0.2, 0.25) is 5.91 Å². The number of anilines is 1. The molecule has 0 bridgehead atoms. The maximum Gasteiger partial charge on any atom is 0.317 e. The molecule has 0 spiro atoms. The Hall–Kier alpha value is -1.59. The molecule has 1 aromatic carbocycles. The molecule has 6 heteroatoms. The van der Waals surface area contributed by atoms with Gasteiger partial charge in [-0.2, -0.15) is 0 Å². The van der Waals surface area contributed by atoms with Gasteiger partial charge in [0.1, 0.15) is 0 Å². The van der Waals surface area contributed by atoms with Gasteiger partial charge in [0.15, 0.2) is 0 Å². The number of carbonyl (C=O) groups is 2. The molecule has 1 amide bonds. The van der Waals surface area contributed by atoms with Crippen LogP contribution in [0.25, 0.3) is 0 Å². The second-order valence-corrected chi connectivity index (χ2v) is 4.97. The molecule has 102 valence electrons. The number of amides is 1. The van der Waals surface area contributed by atoms with Crippen LogP contribution in [0.2, 0.25) is 5.02 Å². The second kappa shape index (κ2) is 6.04. The number of hydrogen-bond donors (Lipinski definition) is 2. The molecule has 0 radical (unpaired) electrons. The van der Waals surface area contributed by atoms with Gasteiger partial charge >= 0.3 is 5.97 Å². The molecule has 1 aromatic rings. The number of halogens is 1. The molecular formula is C13H15ClN2O3. The van der Waals surface area contributed by atoms with E-state index >= 15 is 0 Å². The van der Waals surface area contributed by atoms with Crippen molar-refractivity contribution in [3.05, 3.63) is 29.3 Å². The summed E-state index contributed by atoms with van der Waals surface area (Å²) in [7, 11) is 0. The summed E-state index contributed by atoms with van der Waals surface area (Å²) >= 11 is 5.94. The van der Waals surface area contributed by atoms with Crippen molar-refractivity contribution >= 4 is 29.2 Å². The Labute approximate surface area is 116 Å². The van der Waals surface area contributed by atoms with Crippen LogP contribution >= 0.6 is 11.6 Å². The van der Waals surface area contributed by atoms with E-state index in [0.717, 1.165) is 12.8 Å². The van der Waals surface area contributed by atoms with Crippen molar-refractivity contribution in [1.29, 1.82) is 0 Å². The first-order valence-electron chi connectivity index (χ1n) is 6.06. The van der Waals surface area contributed by atoms with E-state index in [-0.39, 0.29) is 25.0 Å². The smallest absolute Gasteiger partial charge is 0.317 e. The minimum absolute atomic E-state index is 0.0716. The zero-order valence-electron chi connectivity index (χ0n) is 10.3. The summed E-state index contributed by atoms with van der Waals surface area (Å²) in [5.74, 6) is -1.17. The summed E-state index contributed by atoms with van der Waals surface area (Å²) in [6, 6.07) is 7.16. The highest BCUT2D eigenvalue weighted by Crippen LogP contribution is 2.26. The van der Waals surface area contributed by atoms with E-state index in [4.69, 9.17) is 16.7 Å². The number of rotatable bonds is 6. The van der Waals surface area contributed by atoms with Crippen LogP contribution in [0.15, 0.2) is 24.3 Å². The fourth-order valence-corrected chi connectivity index (χ4v) is 2.05. The Morgan fingerprint density at radius 2 is 2.00 bits per heavy atom. The Kier molecular flexibility index (Phi) is 4.39. The Balaban J connectivity index is 1.92. The lowest BCUT2D eigenvalue weighted by Gasteiger charge is -2.19. The molecule has 2 N–H and O–H groups in total. The van der Waals surface area contributed by atoms with Gasteiger partial charge in [0, 0.05) is 6.04 Å². The summed E-state index contributed by atoms with van der Waals surface area (Å²) < 4.78 is 0. The van der Waals surface area contributed by atoms with E-state index in [2.05, 4.69) is 5.32 Å². The van der Waals surface area contributed by atoms with Crippen molar-refractivity contribution in [1.82, 2.24) is 4.90 Å². The SMILES string of the molecule is O=C(O)CN(CC(=O)Nc1ccccc1Cl)C1CC1. The summed E-state index contributed by atoms with van der Waals surface area (Å²) in [6.45, 7) is -0.0389. The largest absolute Gasteiger partial charge is 0.480 e. The van der Waals surface area contributed by atoms with Crippen molar-refractivity contribution in [3.63, 3.8) is 0 Å². The van der Waals surface area contributed by atoms with Crippen LogP contribution in [-0.2, 0) is 9.59 Å². The third-order valence-electron chi connectivity index (χ3n) is 2.90. The lowest BCUT2D eigenvalue weighted by Crippen LogP contribution is -2.38. The number of carbonyl (C=O) groups excluding carboxylic acids is 1. The number of carboxylic acid groups (broad SMARTS) is 1. The maximum atomic E-state index is 11.9. The summed E-state index contributed by atoms with van der Waals surface area (Å²) in [6.07, 6.45) is 1.90. The predicted octanol–water partition coefficient (Wildman–Crippen LogP) is 1.83. The summed E-state index contributed by atoms with van der Waals surface area (Å²) in [4.78, 5) is 24.3. The minimum atomic E-state index is -0.919. The van der Waals surface area contributed by atoms with Crippen LogP contribution in [0.1, 0.15) is 12.8 Å². The van der Waals surface area contributed by atoms with Gasteiger partial charge in [0.05, 0.1) is 23.8 Å². The van der Waals surface area contributed by atoms with E-state index in [9.17, 15) is 9.59 Å². The highest BCUT2D eigenvalue weighted by atomic mass is 35.5. The van der Waals surface area contributed by atoms with Crippen LogP contribution in [-0.4, -0.2) is 41.0 Å². The van der Waals surface area contributed by atoms with Gasteiger partial charge in [0.25, 0.3) is 0 Å². The fourth-order valence-electron chi connectivity index (χ4n) is 1.86. The molecule has 0 saturated heterocycles. The lowest BCUT2D eigenvalue weighted by atomic mass is 10.3. The van der Waals surface area contributed by atoms with Crippen LogP contribution in [0.4, 0.5) is 5.69 Å². The monoisotopic (exact) mass is 282 g/mol. The lowest BCUT2D eigenvalue weighted by molar-refractivity contribution is -0.138. The molecular weight excluding hydrogens is 268 g/mol. The first kappa shape index (κ1) is 13.8. The standard InChI is InChI=1S/C13H15ClN2O3/c14-10-3-1-2-4-11(10)15-12(17)7-16(8-13(18)19)9-5-6-9/h1-4,9H,5-8H2,(H,15,17)(H,18,19). The number of benzene rings is 1. The number of nitrogens with zero attached hydrogens (tertiary/aromatic N) is 1. The van der Waals surface area contributed by atoms with E-state index in [1.807, 2.05) is 0 Å². The molecule has 5 nitrogen and oxygen atoms in total. The zero-order chi connectivity index (χ0) is 13.8. The van der Waals surface area contributed by atoms with Crippen molar-refractivity contribution < 1.29 is 14.7 Å². The molecule has 0 aromatic heterocycles. The molecule has 0 atom stereocenters. The van der Waals surface area contributed by atoms with Crippen LogP contribution in [0.3, 0.4) is 0 Å². The fraction of sp³-hybridized carbons (Fsp3) is 0.385. The van der Waals surface area contributed by atoms with Crippen molar-refractivity contribution in [2.45, 2.75) is 18.9 Å². The number of carboxylic acids is 1.